The second-order valence-electron chi connectivity index (χ2n) is 3.91. The molecule has 98 valence electrons. The zero-order valence-electron chi connectivity index (χ0n) is 9.09. The maximum absolute atomic E-state index is 13.5. The molecule has 0 saturated carbocycles. The minimum absolute atomic E-state index is 0.139. The van der Waals surface area contributed by atoms with Gasteiger partial charge in [-0.2, -0.15) is 13.2 Å². The summed E-state index contributed by atoms with van der Waals surface area (Å²) >= 11 is 0. The van der Waals surface area contributed by atoms with Gasteiger partial charge in [0.05, 0.1) is 0 Å². The van der Waals surface area contributed by atoms with Crippen LogP contribution >= 0.6 is 0 Å². The van der Waals surface area contributed by atoms with Gasteiger partial charge in [-0.05, 0) is 11.1 Å². The third-order valence-corrected chi connectivity index (χ3v) is 2.68. The number of alkyl halides is 4. The van der Waals surface area contributed by atoms with Gasteiger partial charge in [0, 0.05) is 6.54 Å². The summed E-state index contributed by atoms with van der Waals surface area (Å²) in [5.74, 6) is -2.05. The van der Waals surface area contributed by atoms with Crippen LogP contribution in [0.4, 0.5) is 17.6 Å². The summed E-state index contributed by atoms with van der Waals surface area (Å²) in [6.45, 7) is -0.139. The highest BCUT2D eigenvalue weighted by Gasteiger charge is 2.41. The standard InChI is InChI=1S/C11H10F4N2O/c12-8-5-16-9(17-10(18)11(13,14)15)7-4-2-1-3-6(7)8/h1-4,8-9,16H,5H2,(H,17,18). The minimum Gasteiger partial charge on any atom is -0.329 e. The Morgan fingerprint density at radius 2 is 1.89 bits per heavy atom. The quantitative estimate of drug-likeness (QED) is 0.760. The van der Waals surface area contributed by atoms with Crippen LogP contribution in [0.1, 0.15) is 23.5 Å². The largest absolute Gasteiger partial charge is 0.471 e. The molecule has 2 rings (SSSR count). The minimum atomic E-state index is -4.96. The first-order valence-corrected chi connectivity index (χ1v) is 5.23. The summed E-state index contributed by atoms with van der Waals surface area (Å²) in [6.07, 6.45) is -7.27. The van der Waals surface area contributed by atoms with E-state index in [2.05, 4.69) is 5.32 Å². The zero-order valence-corrected chi connectivity index (χ0v) is 9.09. The van der Waals surface area contributed by atoms with Crippen molar-refractivity contribution in [3.63, 3.8) is 0 Å². The van der Waals surface area contributed by atoms with Crippen LogP contribution < -0.4 is 10.6 Å². The van der Waals surface area contributed by atoms with Gasteiger partial charge in [-0.3, -0.25) is 10.1 Å². The van der Waals surface area contributed by atoms with Crippen LogP contribution in [0.15, 0.2) is 24.3 Å². The molecule has 1 aliphatic rings. The molecule has 0 fully saturated rings. The van der Waals surface area contributed by atoms with Gasteiger partial charge >= 0.3 is 12.1 Å². The Labute approximate surface area is 100 Å². The molecule has 7 heteroatoms. The van der Waals surface area contributed by atoms with E-state index in [0.717, 1.165) is 0 Å². The molecule has 2 atom stereocenters. The lowest BCUT2D eigenvalue weighted by atomic mass is 9.97. The van der Waals surface area contributed by atoms with Crippen molar-refractivity contribution in [3.8, 4) is 0 Å². The molecule has 0 radical (unpaired) electrons. The third-order valence-electron chi connectivity index (χ3n) is 2.68. The summed E-state index contributed by atoms with van der Waals surface area (Å²) < 4.78 is 50.0. The number of carbonyl (C=O) groups excluding carboxylic acids is 1. The Balaban J connectivity index is 2.22. The predicted octanol–water partition coefficient (Wildman–Crippen LogP) is 1.98. The van der Waals surface area contributed by atoms with Crippen LogP contribution in [0.25, 0.3) is 0 Å². The van der Waals surface area contributed by atoms with E-state index in [9.17, 15) is 22.4 Å². The Bertz CT molecular complexity index is 461. The molecule has 0 saturated heterocycles. The van der Waals surface area contributed by atoms with Crippen LogP contribution in [0.2, 0.25) is 0 Å². The van der Waals surface area contributed by atoms with E-state index in [1.807, 2.05) is 0 Å². The fraction of sp³-hybridized carbons (Fsp3) is 0.364. The van der Waals surface area contributed by atoms with Gasteiger partial charge in [-0.25, -0.2) is 4.39 Å². The molecule has 2 unspecified atom stereocenters. The number of benzene rings is 1. The SMILES string of the molecule is O=C(NC1NCC(F)c2ccccc21)C(F)(F)F. The van der Waals surface area contributed by atoms with E-state index in [-0.39, 0.29) is 6.54 Å². The Morgan fingerprint density at radius 1 is 1.28 bits per heavy atom. The summed E-state index contributed by atoms with van der Waals surface area (Å²) in [7, 11) is 0. The molecule has 1 amide bonds. The van der Waals surface area contributed by atoms with Gasteiger partial charge in [0.15, 0.2) is 0 Å². The predicted molar refractivity (Wildman–Crippen MR) is 55.2 cm³/mol. The summed E-state index contributed by atoms with van der Waals surface area (Å²) in [4.78, 5) is 10.9. The molecule has 1 heterocycles. The van der Waals surface area contributed by atoms with E-state index >= 15 is 0 Å². The first-order valence-electron chi connectivity index (χ1n) is 5.23. The lowest BCUT2D eigenvalue weighted by Gasteiger charge is -2.29. The number of carbonyl (C=O) groups is 1. The molecule has 1 aliphatic heterocycles. The van der Waals surface area contributed by atoms with E-state index < -0.39 is 24.4 Å². The number of hydrogen-bond donors (Lipinski definition) is 2. The van der Waals surface area contributed by atoms with Crippen LogP contribution in [0, 0.1) is 0 Å². The van der Waals surface area contributed by atoms with E-state index in [1.165, 1.54) is 12.1 Å². The maximum atomic E-state index is 13.5. The molecule has 3 nitrogen and oxygen atoms in total. The molecule has 0 bridgehead atoms. The number of nitrogens with one attached hydrogen (secondary N) is 2. The van der Waals surface area contributed by atoms with Crippen molar-refractivity contribution in [2.24, 2.45) is 0 Å². The van der Waals surface area contributed by atoms with Gasteiger partial charge in [-0.1, -0.05) is 24.3 Å². The third kappa shape index (κ3) is 2.45. The number of halogens is 4. The van der Waals surface area contributed by atoms with Gasteiger partial charge in [0.1, 0.15) is 12.3 Å². The molecule has 0 aliphatic carbocycles. The topological polar surface area (TPSA) is 41.1 Å². The molecule has 1 aromatic carbocycles. The van der Waals surface area contributed by atoms with Crippen LogP contribution in [-0.2, 0) is 4.79 Å². The fourth-order valence-corrected chi connectivity index (χ4v) is 1.84. The van der Waals surface area contributed by atoms with Crippen molar-refractivity contribution in [1.82, 2.24) is 10.6 Å². The lowest BCUT2D eigenvalue weighted by molar-refractivity contribution is -0.174. The van der Waals surface area contributed by atoms with Crippen LogP contribution in [0.3, 0.4) is 0 Å². The molecular formula is C11H10F4N2O. The van der Waals surface area contributed by atoms with Crippen molar-refractivity contribution in [3.05, 3.63) is 35.4 Å². The Kier molecular flexibility index (Phi) is 3.25. The highest BCUT2D eigenvalue weighted by atomic mass is 19.4. The molecule has 2 N–H and O–H groups in total. The van der Waals surface area contributed by atoms with E-state index in [0.29, 0.717) is 11.1 Å². The second-order valence-corrected chi connectivity index (χ2v) is 3.91. The molecule has 0 aromatic heterocycles. The van der Waals surface area contributed by atoms with E-state index in [1.54, 1.807) is 17.4 Å². The molecular weight excluding hydrogens is 252 g/mol. The van der Waals surface area contributed by atoms with Crippen molar-refractivity contribution >= 4 is 5.91 Å². The van der Waals surface area contributed by atoms with Gasteiger partial charge in [0.25, 0.3) is 0 Å². The maximum Gasteiger partial charge on any atom is 0.471 e. The zero-order chi connectivity index (χ0) is 13.3. The first-order chi connectivity index (χ1) is 8.39. The van der Waals surface area contributed by atoms with Crippen molar-refractivity contribution < 1.29 is 22.4 Å². The van der Waals surface area contributed by atoms with Crippen molar-refractivity contribution in [1.29, 1.82) is 0 Å². The molecule has 18 heavy (non-hydrogen) atoms. The summed E-state index contributed by atoms with van der Waals surface area (Å²) in [6, 6.07) is 6.15. The normalized spacial score (nSPS) is 23.3. The first kappa shape index (κ1) is 12.8. The molecule has 1 aromatic rings. The molecule has 0 spiro atoms. The number of fused-ring (bicyclic) bond motifs is 1. The lowest BCUT2D eigenvalue weighted by Crippen LogP contribution is -2.47. The second kappa shape index (κ2) is 4.56. The average molecular weight is 262 g/mol. The number of hydrogen-bond acceptors (Lipinski definition) is 2. The van der Waals surface area contributed by atoms with Crippen LogP contribution in [0.5, 0.6) is 0 Å². The van der Waals surface area contributed by atoms with Crippen LogP contribution in [-0.4, -0.2) is 18.6 Å². The Hall–Kier alpha value is -1.63. The van der Waals surface area contributed by atoms with E-state index in [4.69, 9.17) is 0 Å². The van der Waals surface area contributed by atoms with Gasteiger partial charge < -0.3 is 5.32 Å². The highest BCUT2D eigenvalue weighted by Crippen LogP contribution is 2.30. The van der Waals surface area contributed by atoms with Crippen molar-refractivity contribution in [2.75, 3.05) is 6.54 Å². The van der Waals surface area contributed by atoms with Crippen molar-refractivity contribution in [2.45, 2.75) is 18.5 Å². The average Bonchev–Trinajstić information content (AvgIpc) is 2.32. The number of rotatable bonds is 1. The Morgan fingerprint density at radius 3 is 2.50 bits per heavy atom. The van der Waals surface area contributed by atoms with Gasteiger partial charge in [-0.15, -0.1) is 0 Å². The number of amides is 1. The summed E-state index contributed by atoms with van der Waals surface area (Å²) in [5, 5.41) is 4.31. The smallest absolute Gasteiger partial charge is 0.329 e. The van der Waals surface area contributed by atoms with Gasteiger partial charge in [0.2, 0.25) is 0 Å². The fourth-order valence-electron chi connectivity index (χ4n) is 1.84. The monoisotopic (exact) mass is 262 g/mol. The highest BCUT2D eigenvalue weighted by molar-refractivity contribution is 5.82. The summed E-state index contributed by atoms with van der Waals surface area (Å²) in [5.41, 5.74) is 0.609.